The zero-order valence-electron chi connectivity index (χ0n) is 12.9. The Bertz CT molecular complexity index is 689. The zero-order valence-corrected chi connectivity index (χ0v) is 13.8. The van der Waals surface area contributed by atoms with E-state index in [9.17, 15) is 14.4 Å². The molecule has 1 aromatic carbocycles. The maximum absolute atomic E-state index is 11.8. The van der Waals surface area contributed by atoms with Crippen LogP contribution in [0.3, 0.4) is 0 Å². The molecular formula is C16H17N3O4S. The highest BCUT2D eigenvalue weighted by atomic mass is 32.1. The Balaban J connectivity index is 1.70. The fraction of sp³-hybridized carbons (Fsp3) is 0.188. The summed E-state index contributed by atoms with van der Waals surface area (Å²) in [5, 5.41) is 4.24. The van der Waals surface area contributed by atoms with Gasteiger partial charge in [0.1, 0.15) is 11.8 Å². The number of para-hydroxylation sites is 1. The highest BCUT2D eigenvalue weighted by molar-refractivity contribution is 7.12. The standard InChI is InChI=1S/C16H17N3O4S/c1-11(15(21)18-19-16(22)13-8-5-9-24-13)17-14(20)10-23-12-6-3-2-4-7-12/h2-9,11H,10H2,1H3,(H,17,20)(H,18,21)(H,19,22)/t11-/m1/s1. The molecule has 2 aromatic rings. The molecule has 24 heavy (non-hydrogen) atoms. The first-order valence-electron chi connectivity index (χ1n) is 7.17. The molecule has 0 aliphatic rings. The van der Waals surface area contributed by atoms with Crippen molar-refractivity contribution in [3.05, 3.63) is 52.7 Å². The van der Waals surface area contributed by atoms with Gasteiger partial charge < -0.3 is 10.1 Å². The van der Waals surface area contributed by atoms with Crippen LogP contribution in [0.25, 0.3) is 0 Å². The number of benzene rings is 1. The van der Waals surface area contributed by atoms with Gasteiger partial charge in [0, 0.05) is 0 Å². The molecule has 2 rings (SSSR count). The molecule has 3 N–H and O–H groups in total. The van der Waals surface area contributed by atoms with Crippen LogP contribution >= 0.6 is 11.3 Å². The van der Waals surface area contributed by atoms with Gasteiger partial charge in [0.2, 0.25) is 0 Å². The molecule has 0 saturated carbocycles. The summed E-state index contributed by atoms with van der Waals surface area (Å²) in [6.45, 7) is 1.30. The number of hydrogen-bond acceptors (Lipinski definition) is 5. The fourth-order valence-electron chi connectivity index (χ4n) is 1.71. The molecule has 3 amide bonds. The van der Waals surface area contributed by atoms with Crippen LogP contribution in [0.5, 0.6) is 5.75 Å². The first-order valence-corrected chi connectivity index (χ1v) is 8.05. The molecular weight excluding hydrogens is 330 g/mol. The summed E-state index contributed by atoms with van der Waals surface area (Å²) in [6, 6.07) is 11.4. The molecule has 0 bridgehead atoms. The minimum atomic E-state index is -0.819. The van der Waals surface area contributed by atoms with E-state index in [4.69, 9.17) is 4.74 Å². The van der Waals surface area contributed by atoms with Crippen LogP contribution in [0.15, 0.2) is 47.8 Å². The summed E-state index contributed by atoms with van der Waals surface area (Å²) in [6.07, 6.45) is 0. The summed E-state index contributed by atoms with van der Waals surface area (Å²) < 4.78 is 5.28. The van der Waals surface area contributed by atoms with Crippen LogP contribution in [-0.2, 0) is 9.59 Å². The Morgan fingerprint density at radius 2 is 1.83 bits per heavy atom. The van der Waals surface area contributed by atoms with Crippen molar-refractivity contribution < 1.29 is 19.1 Å². The van der Waals surface area contributed by atoms with Crippen LogP contribution in [-0.4, -0.2) is 30.4 Å². The third-order valence-corrected chi connectivity index (χ3v) is 3.80. The minimum absolute atomic E-state index is 0.205. The van der Waals surface area contributed by atoms with E-state index in [-0.39, 0.29) is 6.61 Å². The first-order chi connectivity index (χ1) is 11.6. The van der Waals surface area contributed by atoms with Crippen molar-refractivity contribution in [2.75, 3.05) is 6.61 Å². The monoisotopic (exact) mass is 347 g/mol. The number of thiophene rings is 1. The number of carbonyl (C=O) groups is 3. The van der Waals surface area contributed by atoms with Gasteiger partial charge in [-0.25, -0.2) is 0 Å². The van der Waals surface area contributed by atoms with E-state index in [0.29, 0.717) is 10.6 Å². The van der Waals surface area contributed by atoms with E-state index >= 15 is 0 Å². The van der Waals surface area contributed by atoms with E-state index in [1.807, 2.05) is 6.07 Å². The SMILES string of the molecule is C[C@@H](NC(=O)COc1ccccc1)C(=O)NNC(=O)c1cccs1. The zero-order chi connectivity index (χ0) is 17.4. The Morgan fingerprint density at radius 3 is 2.50 bits per heavy atom. The Morgan fingerprint density at radius 1 is 1.08 bits per heavy atom. The summed E-state index contributed by atoms with van der Waals surface area (Å²) in [7, 11) is 0. The van der Waals surface area contributed by atoms with Gasteiger partial charge in [0.15, 0.2) is 6.61 Å². The largest absolute Gasteiger partial charge is 0.484 e. The molecule has 0 aliphatic heterocycles. The Kier molecular flexibility index (Phi) is 6.32. The van der Waals surface area contributed by atoms with Crippen molar-refractivity contribution in [2.45, 2.75) is 13.0 Å². The van der Waals surface area contributed by atoms with Crippen molar-refractivity contribution >= 4 is 29.1 Å². The van der Waals surface area contributed by atoms with E-state index in [2.05, 4.69) is 16.2 Å². The molecule has 0 fully saturated rings. The van der Waals surface area contributed by atoms with Crippen LogP contribution < -0.4 is 20.9 Å². The van der Waals surface area contributed by atoms with Crippen LogP contribution in [0, 0.1) is 0 Å². The first kappa shape index (κ1) is 17.5. The van der Waals surface area contributed by atoms with Crippen molar-refractivity contribution in [3.63, 3.8) is 0 Å². The lowest BCUT2D eigenvalue weighted by Gasteiger charge is -2.14. The van der Waals surface area contributed by atoms with Gasteiger partial charge in [-0.3, -0.25) is 25.2 Å². The van der Waals surface area contributed by atoms with Crippen molar-refractivity contribution in [1.82, 2.24) is 16.2 Å². The maximum Gasteiger partial charge on any atom is 0.279 e. The highest BCUT2D eigenvalue weighted by Crippen LogP contribution is 2.08. The Hall–Kier alpha value is -2.87. The molecule has 126 valence electrons. The number of amides is 3. The minimum Gasteiger partial charge on any atom is -0.484 e. The number of nitrogens with one attached hydrogen (secondary N) is 3. The molecule has 1 atom stereocenters. The Labute approximate surface area is 143 Å². The lowest BCUT2D eigenvalue weighted by molar-refractivity contribution is -0.130. The van der Waals surface area contributed by atoms with Crippen molar-refractivity contribution in [2.24, 2.45) is 0 Å². The van der Waals surface area contributed by atoms with Gasteiger partial charge in [-0.05, 0) is 30.5 Å². The van der Waals surface area contributed by atoms with E-state index in [0.717, 1.165) is 0 Å². The van der Waals surface area contributed by atoms with Gasteiger partial charge in [-0.15, -0.1) is 11.3 Å². The molecule has 0 saturated heterocycles. The molecule has 0 unspecified atom stereocenters. The third-order valence-electron chi connectivity index (χ3n) is 2.93. The molecule has 1 aromatic heterocycles. The molecule has 0 radical (unpaired) electrons. The maximum atomic E-state index is 11.8. The van der Waals surface area contributed by atoms with Crippen molar-refractivity contribution in [3.8, 4) is 5.75 Å². The average Bonchev–Trinajstić information content (AvgIpc) is 3.13. The lowest BCUT2D eigenvalue weighted by atomic mass is 10.3. The van der Waals surface area contributed by atoms with Gasteiger partial charge >= 0.3 is 0 Å². The predicted molar refractivity (Wildman–Crippen MR) is 89.5 cm³/mol. The van der Waals surface area contributed by atoms with Gasteiger partial charge in [0.25, 0.3) is 17.7 Å². The number of hydrogen-bond donors (Lipinski definition) is 3. The van der Waals surface area contributed by atoms with Crippen LogP contribution in [0.4, 0.5) is 0 Å². The topological polar surface area (TPSA) is 96.5 Å². The average molecular weight is 347 g/mol. The summed E-state index contributed by atoms with van der Waals surface area (Å²) in [5.41, 5.74) is 4.55. The molecule has 0 spiro atoms. The fourth-order valence-corrected chi connectivity index (χ4v) is 2.33. The van der Waals surface area contributed by atoms with Gasteiger partial charge in [-0.1, -0.05) is 24.3 Å². The molecule has 8 heteroatoms. The number of ether oxygens (including phenoxy) is 1. The second-order valence-electron chi connectivity index (χ2n) is 4.81. The molecule has 7 nitrogen and oxygen atoms in total. The normalized spacial score (nSPS) is 11.2. The molecule has 1 heterocycles. The van der Waals surface area contributed by atoms with E-state index in [1.54, 1.807) is 41.8 Å². The second kappa shape index (κ2) is 8.68. The summed E-state index contributed by atoms with van der Waals surface area (Å²) in [4.78, 5) is 35.8. The van der Waals surface area contributed by atoms with E-state index < -0.39 is 23.8 Å². The number of rotatable bonds is 6. The number of carbonyl (C=O) groups excluding carboxylic acids is 3. The van der Waals surface area contributed by atoms with E-state index in [1.165, 1.54) is 18.3 Å². The summed E-state index contributed by atoms with van der Waals surface area (Å²) >= 11 is 1.26. The van der Waals surface area contributed by atoms with Gasteiger partial charge in [0.05, 0.1) is 4.88 Å². The van der Waals surface area contributed by atoms with Crippen molar-refractivity contribution in [1.29, 1.82) is 0 Å². The third kappa shape index (κ3) is 5.40. The lowest BCUT2D eigenvalue weighted by Crippen LogP contribution is -2.51. The molecule has 0 aliphatic carbocycles. The van der Waals surface area contributed by atoms with Crippen LogP contribution in [0.2, 0.25) is 0 Å². The quantitative estimate of drug-likeness (QED) is 0.682. The second-order valence-corrected chi connectivity index (χ2v) is 5.76. The number of hydrazine groups is 1. The summed E-state index contributed by atoms with van der Waals surface area (Å²) in [5.74, 6) is -0.823. The van der Waals surface area contributed by atoms with Gasteiger partial charge in [-0.2, -0.15) is 0 Å². The predicted octanol–water partition coefficient (Wildman–Crippen LogP) is 1.09. The smallest absolute Gasteiger partial charge is 0.279 e. The highest BCUT2D eigenvalue weighted by Gasteiger charge is 2.17. The van der Waals surface area contributed by atoms with Crippen LogP contribution in [0.1, 0.15) is 16.6 Å².